The number of Topliss-reactive ketones (excluding diaryl/α,β-unsaturated/α-hetero) is 1. The van der Waals surface area contributed by atoms with Crippen molar-refractivity contribution in [1.29, 1.82) is 0 Å². The summed E-state index contributed by atoms with van der Waals surface area (Å²) in [6.07, 6.45) is 1.34. The number of benzene rings is 2. The van der Waals surface area contributed by atoms with Crippen molar-refractivity contribution in [1.82, 2.24) is 5.32 Å². The van der Waals surface area contributed by atoms with E-state index in [1.54, 1.807) is 21.3 Å². The molecule has 1 heterocycles. The Morgan fingerprint density at radius 3 is 2.20 bits per heavy atom. The summed E-state index contributed by atoms with van der Waals surface area (Å²) in [7, 11) is 4.77. The fraction of sp³-hybridized carbons (Fsp3) is 0.438. The molecule has 0 amide bonds. The van der Waals surface area contributed by atoms with Gasteiger partial charge in [-0.3, -0.25) is 4.79 Å². The molecule has 4 rings (SSSR count). The van der Waals surface area contributed by atoms with E-state index in [4.69, 9.17) is 23.7 Å². The molecule has 2 aromatic rings. The van der Waals surface area contributed by atoms with E-state index >= 15 is 0 Å². The first-order valence-electron chi connectivity index (χ1n) is 13.7. The Bertz CT molecular complexity index is 1340. The first kappa shape index (κ1) is 29.1. The molecule has 0 spiro atoms. The lowest BCUT2D eigenvalue weighted by Crippen LogP contribution is -2.36. The Labute approximate surface area is 236 Å². The van der Waals surface area contributed by atoms with Gasteiger partial charge in [0, 0.05) is 29.3 Å². The zero-order valence-corrected chi connectivity index (χ0v) is 24.4. The quantitative estimate of drug-likeness (QED) is 0.371. The van der Waals surface area contributed by atoms with Crippen LogP contribution < -0.4 is 24.3 Å². The van der Waals surface area contributed by atoms with Crippen LogP contribution in [0, 0.1) is 0 Å². The average molecular weight is 550 g/mol. The number of ketones is 1. The molecule has 214 valence electrons. The summed E-state index contributed by atoms with van der Waals surface area (Å²) in [4.78, 5) is 27.5. The van der Waals surface area contributed by atoms with Crippen molar-refractivity contribution in [3.63, 3.8) is 0 Å². The van der Waals surface area contributed by atoms with Gasteiger partial charge in [-0.05, 0) is 74.9 Å². The summed E-state index contributed by atoms with van der Waals surface area (Å²) in [5.74, 6) is 1.28. The van der Waals surface area contributed by atoms with Crippen molar-refractivity contribution in [3.05, 3.63) is 70.1 Å². The Hall–Kier alpha value is -3.94. The highest BCUT2D eigenvalue weighted by Crippen LogP contribution is 2.47. The number of nitrogens with one attached hydrogen (secondary N) is 1. The summed E-state index contributed by atoms with van der Waals surface area (Å²) < 4.78 is 28.0. The first-order chi connectivity index (χ1) is 19.3. The van der Waals surface area contributed by atoms with Crippen molar-refractivity contribution in [2.75, 3.05) is 27.9 Å². The van der Waals surface area contributed by atoms with Gasteiger partial charge >= 0.3 is 5.97 Å². The van der Waals surface area contributed by atoms with Gasteiger partial charge in [0.2, 0.25) is 0 Å². The molecule has 8 nitrogen and oxygen atoms in total. The Morgan fingerprint density at radius 2 is 1.55 bits per heavy atom. The monoisotopic (exact) mass is 549 g/mol. The zero-order chi connectivity index (χ0) is 29.0. The number of hydrogen-bond donors (Lipinski definition) is 1. The third-order valence-corrected chi connectivity index (χ3v) is 7.63. The third-order valence-electron chi connectivity index (χ3n) is 7.63. The molecule has 0 bridgehead atoms. The highest BCUT2D eigenvalue weighted by molar-refractivity contribution is 6.04. The van der Waals surface area contributed by atoms with Gasteiger partial charge in [0.05, 0.1) is 39.6 Å². The van der Waals surface area contributed by atoms with Crippen LogP contribution in [-0.4, -0.2) is 45.8 Å². The Morgan fingerprint density at radius 1 is 0.925 bits per heavy atom. The average Bonchev–Trinajstić information content (AvgIpc) is 2.96. The van der Waals surface area contributed by atoms with Crippen molar-refractivity contribution in [3.8, 4) is 23.0 Å². The van der Waals surface area contributed by atoms with Gasteiger partial charge in [0.25, 0.3) is 0 Å². The molecule has 1 N–H and O–H groups in total. The number of rotatable bonds is 10. The number of carbonyl (C=O) groups excluding carboxylic acids is 2. The molecular weight excluding hydrogens is 510 g/mol. The minimum Gasteiger partial charge on any atom is -0.493 e. The molecule has 2 aromatic carbocycles. The second kappa shape index (κ2) is 12.5. The summed E-state index contributed by atoms with van der Waals surface area (Å²) in [6, 6.07) is 11.3. The van der Waals surface area contributed by atoms with Crippen LogP contribution in [0.5, 0.6) is 23.0 Å². The molecule has 0 saturated heterocycles. The van der Waals surface area contributed by atoms with Crippen molar-refractivity contribution >= 4 is 11.8 Å². The lowest BCUT2D eigenvalue weighted by molar-refractivity contribution is -0.144. The van der Waals surface area contributed by atoms with Crippen molar-refractivity contribution in [2.24, 2.45) is 0 Å². The second-order valence-corrected chi connectivity index (χ2v) is 10.1. The van der Waals surface area contributed by atoms with E-state index in [0.29, 0.717) is 65.7 Å². The van der Waals surface area contributed by atoms with Crippen LogP contribution in [0.1, 0.15) is 69.9 Å². The highest BCUT2D eigenvalue weighted by atomic mass is 16.5. The molecule has 8 heteroatoms. The number of dihydropyridines is 1. The predicted octanol–water partition coefficient (Wildman–Crippen LogP) is 5.81. The molecule has 0 aromatic heterocycles. The van der Waals surface area contributed by atoms with Gasteiger partial charge in [-0.25, -0.2) is 4.79 Å². The van der Waals surface area contributed by atoms with Crippen LogP contribution in [0.4, 0.5) is 0 Å². The summed E-state index contributed by atoms with van der Waals surface area (Å²) >= 11 is 0. The van der Waals surface area contributed by atoms with Gasteiger partial charge in [-0.2, -0.15) is 0 Å². The maximum absolute atomic E-state index is 14.0. The fourth-order valence-corrected chi connectivity index (χ4v) is 5.45. The number of hydrogen-bond acceptors (Lipinski definition) is 8. The SMILES string of the molecule is CCOc1ccc([C@@H]2C(C(=O)O[C@H](C)CC)=C(C)NC3=C2C(=O)C[C@@H](c2ccc(OC)c(OC)c2)C3)cc1OC. The van der Waals surface area contributed by atoms with E-state index in [9.17, 15) is 9.59 Å². The van der Waals surface area contributed by atoms with Gasteiger partial charge in [-0.15, -0.1) is 0 Å². The van der Waals surface area contributed by atoms with Crippen LogP contribution in [0.15, 0.2) is 58.9 Å². The smallest absolute Gasteiger partial charge is 0.337 e. The van der Waals surface area contributed by atoms with E-state index in [1.807, 2.05) is 64.1 Å². The van der Waals surface area contributed by atoms with Gasteiger partial charge in [0.1, 0.15) is 0 Å². The number of methoxy groups -OCH3 is 3. The lowest BCUT2D eigenvalue weighted by atomic mass is 9.71. The maximum Gasteiger partial charge on any atom is 0.337 e. The van der Waals surface area contributed by atoms with Crippen LogP contribution >= 0.6 is 0 Å². The lowest BCUT2D eigenvalue weighted by Gasteiger charge is -2.37. The number of ether oxygens (including phenoxy) is 5. The molecule has 0 radical (unpaired) electrons. The molecule has 1 aliphatic carbocycles. The first-order valence-corrected chi connectivity index (χ1v) is 13.7. The minimum atomic E-state index is -0.601. The van der Waals surface area contributed by atoms with Gasteiger partial charge < -0.3 is 29.0 Å². The predicted molar refractivity (Wildman–Crippen MR) is 152 cm³/mol. The molecule has 3 atom stereocenters. The molecule has 0 fully saturated rings. The number of carbonyl (C=O) groups is 2. The standard InChI is InChI=1S/C32H39NO7/c1-8-18(3)40-32(35)29-19(4)33-23-14-22(20-10-12-25(36-5)27(16-20)37-6)15-24(34)31(23)30(29)21-11-13-26(39-9-2)28(17-21)38-7/h10-13,16-18,22,30,33H,8-9,14-15H2,1-7H3/t18-,22+,30-/m1/s1. The minimum absolute atomic E-state index is 0.0206. The summed E-state index contributed by atoms with van der Waals surface area (Å²) in [5, 5.41) is 3.41. The van der Waals surface area contributed by atoms with Crippen LogP contribution in [-0.2, 0) is 14.3 Å². The maximum atomic E-state index is 14.0. The number of esters is 1. The normalized spacial score (nSPS) is 19.4. The molecule has 40 heavy (non-hydrogen) atoms. The molecule has 0 unspecified atom stereocenters. The molecule has 1 aliphatic heterocycles. The molecular formula is C32H39NO7. The van der Waals surface area contributed by atoms with Crippen LogP contribution in [0.25, 0.3) is 0 Å². The summed E-state index contributed by atoms with van der Waals surface area (Å²) in [5.41, 5.74) is 4.26. The van der Waals surface area contributed by atoms with E-state index < -0.39 is 11.9 Å². The van der Waals surface area contributed by atoms with Crippen LogP contribution in [0.3, 0.4) is 0 Å². The van der Waals surface area contributed by atoms with Crippen molar-refractivity contribution in [2.45, 2.75) is 64.9 Å². The fourth-order valence-electron chi connectivity index (χ4n) is 5.45. The van der Waals surface area contributed by atoms with Gasteiger partial charge in [0.15, 0.2) is 28.8 Å². The summed E-state index contributed by atoms with van der Waals surface area (Å²) in [6.45, 7) is 8.08. The molecule has 0 saturated carbocycles. The third kappa shape index (κ3) is 5.67. The van der Waals surface area contributed by atoms with E-state index in [2.05, 4.69) is 5.32 Å². The molecule has 2 aliphatic rings. The van der Waals surface area contributed by atoms with E-state index in [-0.39, 0.29) is 17.8 Å². The Balaban J connectivity index is 1.80. The largest absolute Gasteiger partial charge is 0.493 e. The number of allylic oxidation sites excluding steroid dienone is 3. The van der Waals surface area contributed by atoms with E-state index in [0.717, 1.165) is 16.8 Å². The second-order valence-electron chi connectivity index (χ2n) is 10.1. The Kier molecular flexibility index (Phi) is 9.07. The van der Waals surface area contributed by atoms with E-state index in [1.165, 1.54) is 0 Å². The topological polar surface area (TPSA) is 92.3 Å². The van der Waals surface area contributed by atoms with Crippen LogP contribution in [0.2, 0.25) is 0 Å². The highest BCUT2D eigenvalue weighted by Gasteiger charge is 2.42. The van der Waals surface area contributed by atoms with Crippen molar-refractivity contribution < 1.29 is 33.3 Å². The van der Waals surface area contributed by atoms with Gasteiger partial charge in [-0.1, -0.05) is 19.1 Å². The zero-order valence-electron chi connectivity index (χ0n) is 24.4.